The molecule has 90 heavy (non-hydrogen) atoms. The van der Waals surface area contributed by atoms with Gasteiger partial charge in [-0.2, -0.15) is 0 Å². The van der Waals surface area contributed by atoms with Crippen LogP contribution in [0, 0.1) is 5.82 Å². The van der Waals surface area contributed by atoms with Crippen LogP contribution in [0.1, 0.15) is 138 Å². The molecule has 2 aromatic carbocycles. The maximum Gasteiger partial charge on any atom is 0.247 e. The van der Waals surface area contributed by atoms with Crippen molar-refractivity contribution < 1.29 is 83.4 Å². The standard InChI is InChI=1S/C31H46ClN5O8.C31H46FN5O8/c2*1-17(2)24-20(28(36-35-24)45-29-27(42)26(41)25(40)22(16-38)44-29)15-19-9-8-18(14-21(19)32)6-5-7-23(39)34-31(3,4)30(43)37-12-10-33-11-13-37/h2*8-9,14,17,22,25-27,29,33,38,40-42H,5-7,10-13,15-16H2,1-4H3,(H,34,39)(H,35,36)/t22-,25-,26+,27-,29+;22-,25+,26+,27-,29+/m11/s1. The molecule has 26 nitrogen and oxygen atoms in total. The second-order valence-electron chi connectivity index (χ2n) is 25.1. The molecule has 6 heterocycles. The van der Waals surface area contributed by atoms with Crippen molar-refractivity contribution in [1.29, 1.82) is 0 Å². The summed E-state index contributed by atoms with van der Waals surface area (Å²) in [5.41, 5.74) is 3.54. The third-order valence-corrected chi connectivity index (χ3v) is 16.9. The van der Waals surface area contributed by atoms with Gasteiger partial charge in [-0.1, -0.05) is 63.6 Å². The molecule has 0 radical (unpaired) electrons. The van der Waals surface area contributed by atoms with E-state index in [1.807, 2.05) is 45.9 Å². The Morgan fingerprint density at radius 2 is 1.01 bits per heavy atom. The number of nitrogens with zero attached hydrogens (tertiary/aromatic N) is 4. The number of aromatic nitrogens is 4. The van der Waals surface area contributed by atoms with Gasteiger partial charge in [0, 0.05) is 106 Å². The van der Waals surface area contributed by atoms with Crippen LogP contribution in [0.3, 0.4) is 0 Å². The molecule has 0 aliphatic carbocycles. The fourth-order valence-electron chi connectivity index (χ4n) is 11.3. The predicted molar refractivity (Wildman–Crippen MR) is 327 cm³/mol. The summed E-state index contributed by atoms with van der Waals surface area (Å²) in [6.07, 6.45) is -11.5. The van der Waals surface area contributed by atoms with Crippen molar-refractivity contribution in [3.8, 4) is 11.8 Å². The molecule has 28 heteroatoms. The van der Waals surface area contributed by atoms with Crippen LogP contribution < -0.4 is 30.7 Å². The number of aliphatic hydroxyl groups is 8. The van der Waals surface area contributed by atoms with Gasteiger partial charge in [0.15, 0.2) is 0 Å². The van der Waals surface area contributed by atoms with Gasteiger partial charge in [-0.15, -0.1) is 10.2 Å². The molecule has 4 aromatic rings. The molecule has 10 atom stereocenters. The number of benzene rings is 2. The van der Waals surface area contributed by atoms with Crippen LogP contribution in [0.2, 0.25) is 5.02 Å². The second kappa shape index (κ2) is 32.1. The normalized spacial score (nSPS) is 24.1. The SMILES string of the molecule is CC(C)c1[nH]nc(O[C@@H]2O[C@H](CO)[C@@H](O)[C@H](O)[C@H]2O)c1Cc1ccc(CCCC(=O)NC(C)(C)C(=O)N2CCNCC2)cc1Cl.CC(C)c1[nH]nc(O[C@@H]2O[C@H](CO)[C@H](O)[C@H](O)[C@H]2O)c1Cc1ccc(CCCC(=O)NC(C)(C)C(=O)N2CCNCC2)cc1F. The van der Waals surface area contributed by atoms with Crippen LogP contribution in [0.25, 0.3) is 0 Å². The summed E-state index contributed by atoms with van der Waals surface area (Å²) in [6, 6.07) is 10.6. The molecule has 0 bridgehead atoms. The van der Waals surface area contributed by atoms with E-state index in [2.05, 4.69) is 41.7 Å². The molecule has 500 valence electrons. The third-order valence-electron chi connectivity index (χ3n) is 16.5. The maximum atomic E-state index is 15.3. The predicted octanol–water partition coefficient (Wildman–Crippen LogP) is 0.696. The molecular formula is C62H92ClFN10O16. The highest BCUT2D eigenvalue weighted by Crippen LogP contribution is 2.35. The molecule has 4 aliphatic rings. The Balaban J connectivity index is 0.000000256. The monoisotopic (exact) mass is 1290 g/mol. The molecule has 4 amide bonds. The average molecular weight is 1290 g/mol. The maximum absolute atomic E-state index is 15.3. The number of halogens is 2. The van der Waals surface area contributed by atoms with Gasteiger partial charge in [0.25, 0.3) is 0 Å². The number of amides is 4. The van der Waals surface area contributed by atoms with Crippen molar-refractivity contribution in [1.82, 2.24) is 51.5 Å². The number of carbonyl (C=O) groups excluding carboxylic acids is 4. The summed E-state index contributed by atoms with van der Waals surface area (Å²) in [5, 5.41) is 107. The van der Waals surface area contributed by atoms with Crippen LogP contribution >= 0.6 is 11.6 Å². The minimum absolute atomic E-state index is 0.0368. The van der Waals surface area contributed by atoms with Crippen LogP contribution in [0.4, 0.5) is 4.39 Å². The largest absolute Gasteiger partial charge is 0.443 e. The van der Waals surface area contributed by atoms with Crippen LogP contribution in [0.5, 0.6) is 11.8 Å². The zero-order valence-electron chi connectivity index (χ0n) is 52.5. The number of aromatic amines is 2. The van der Waals surface area contributed by atoms with Gasteiger partial charge in [-0.25, -0.2) is 4.39 Å². The van der Waals surface area contributed by atoms with E-state index in [0.29, 0.717) is 91.3 Å². The number of hydrogen-bond donors (Lipinski definition) is 14. The van der Waals surface area contributed by atoms with Gasteiger partial charge in [-0.05, 0) is 99.6 Å². The number of aryl methyl sites for hydroxylation is 2. The molecule has 4 fully saturated rings. The Bertz CT molecular complexity index is 2830. The Morgan fingerprint density at radius 3 is 1.39 bits per heavy atom. The summed E-state index contributed by atoms with van der Waals surface area (Å²) >= 11 is 6.71. The lowest BCUT2D eigenvalue weighted by Crippen LogP contribution is -2.60. The van der Waals surface area contributed by atoms with E-state index >= 15 is 4.39 Å². The van der Waals surface area contributed by atoms with Gasteiger partial charge in [0.2, 0.25) is 48.0 Å². The molecule has 4 saturated heterocycles. The van der Waals surface area contributed by atoms with Gasteiger partial charge in [-0.3, -0.25) is 29.4 Å². The summed E-state index contributed by atoms with van der Waals surface area (Å²) in [4.78, 5) is 54.6. The van der Waals surface area contributed by atoms with Gasteiger partial charge in [0.1, 0.15) is 65.7 Å². The van der Waals surface area contributed by atoms with Crippen molar-refractivity contribution in [2.75, 3.05) is 65.6 Å². The number of ether oxygens (including phenoxy) is 4. The first-order valence-corrected chi connectivity index (χ1v) is 31.3. The number of hydrogen-bond acceptors (Lipinski definition) is 20. The van der Waals surface area contributed by atoms with E-state index in [4.69, 9.17) is 30.5 Å². The summed E-state index contributed by atoms with van der Waals surface area (Å²) in [6.45, 7) is 18.9. The highest BCUT2D eigenvalue weighted by molar-refractivity contribution is 6.31. The summed E-state index contributed by atoms with van der Waals surface area (Å²) < 4.78 is 38.0. The first-order chi connectivity index (χ1) is 42.6. The van der Waals surface area contributed by atoms with Crippen molar-refractivity contribution in [2.24, 2.45) is 0 Å². The van der Waals surface area contributed by atoms with Gasteiger partial charge in [0.05, 0.1) is 13.2 Å². The zero-order chi connectivity index (χ0) is 65.8. The third kappa shape index (κ3) is 18.2. The molecule has 4 aliphatic heterocycles. The molecule has 2 aromatic heterocycles. The van der Waals surface area contributed by atoms with E-state index in [9.17, 15) is 60.0 Å². The molecular weight excluding hydrogens is 1200 g/mol. The fourth-order valence-corrected chi connectivity index (χ4v) is 11.6. The van der Waals surface area contributed by atoms with Gasteiger partial charge < -0.3 is 90.9 Å². The van der Waals surface area contributed by atoms with Crippen LogP contribution in [-0.4, -0.2) is 233 Å². The van der Waals surface area contributed by atoms with E-state index in [1.165, 1.54) is 6.07 Å². The summed E-state index contributed by atoms with van der Waals surface area (Å²) in [7, 11) is 0. The molecule has 0 saturated carbocycles. The lowest BCUT2D eigenvalue weighted by atomic mass is 9.97. The number of H-pyrrole nitrogens is 2. The highest BCUT2D eigenvalue weighted by atomic mass is 35.5. The number of carbonyl (C=O) groups is 4. The van der Waals surface area contributed by atoms with Crippen molar-refractivity contribution in [3.63, 3.8) is 0 Å². The first-order valence-electron chi connectivity index (χ1n) is 30.9. The number of nitrogens with one attached hydrogen (secondary N) is 6. The lowest BCUT2D eigenvalue weighted by Gasteiger charge is -2.39. The first kappa shape index (κ1) is 71.5. The smallest absolute Gasteiger partial charge is 0.247 e. The quantitative estimate of drug-likeness (QED) is 0.0459. The zero-order valence-corrected chi connectivity index (χ0v) is 53.3. The number of rotatable bonds is 24. The Kier molecular flexibility index (Phi) is 25.5. The number of aliphatic hydroxyl groups excluding tert-OH is 8. The molecule has 8 rings (SSSR count). The minimum Gasteiger partial charge on any atom is -0.443 e. The van der Waals surface area contributed by atoms with Gasteiger partial charge >= 0.3 is 0 Å². The molecule has 14 N–H and O–H groups in total. The molecule has 0 unspecified atom stereocenters. The minimum atomic E-state index is -1.62. The van der Waals surface area contributed by atoms with E-state index in [-0.39, 0.29) is 66.5 Å². The van der Waals surface area contributed by atoms with Crippen molar-refractivity contribution in [2.45, 2.75) is 191 Å². The molecule has 0 spiro atoms. The Hall–Kier alpha value is -5.92. The van der Waals surface area contributed by atoms with E-state index in [0.717, 1.165) is 43.0 Å². The Labute approximate surface area is 528 Å². The van der Waals surface area contributed by atoms with Crippen molar-refractivity contribution >= 4 is 35.2 Å². The number of piperazine rings is 2. The average Bonchev–Trinajstić information content (AvgIpc) is 1.84. The van der Waals surface area contributed by atoms with E-state index < -0.39 is 91.5 Å². The van der Waals surface area contributed by atoms with Crippen LogP contribution in [-0.2, 0) is 54.3 Å². The Morgan fingerprint density at radius 1 is 0.622 bits per heavy atom. The van der Waals surface area contributed by atoms with Crippen molar-refractivity contribution in [3.05, 3.63) is 92.0 Å². The second-order valence-corrected chi connectivity index (χ2v) is 25.5. The summed E-state index contributed by atoms with van der Waals surface area (Å²) in [5.74, 6) is -0.883. The van der Waals surface area contributed by atoms with E-state index in [1.54, 1.807) is 49.6 Å². The fraction of sp³-hybridized carbons (Fsp3) is 0.645. The lowest BCUT2D eigenvalue weighted by molar-refractivity contribution is -0.278. The van der Waals surface area contributed by atoms with Crippen LogP contribution in [0.15, 0.2) is 36.4 Å². The topological polar surface area (TPSA) is 379 Å². The highest BCUT2D eigenvalue weighted by Gasteiger charge is 2.47.